The molecule has 0 spiro atoms. The van der Waals surface area contributed by atoms with E-state index >= 15 is 0 Å². The van der Waals surface area contributed by atoms with E-state index in [4.69, 9.17) is 4.42 Å². The van der Waals surface area contributed by atoms with Gasteiger partial charge in [0.25, 0.3) is 5.91 Å². The molecule has 5 nitrogen and oxygen atoms in total. The lowest BCUT2D eigenvalue weighted by Crippen LogP contribution is -2.50. The molecule has 0 aliphatic carbocycles. The van der Waals surface area contributed by atoms with E-state index in [2.05, 4.69) is 0 Å². The van der Waals surface area contributed by atoms with Crippen LogP contribution in [0.1, 0.15) is 41.6 Å². The van der Waals surface area contributed by atoms with E-state index in [1.165, 1.54) is 4.90 Å². The molecule has 0 saturated carbocycles. The molecule has 1 aliphatic rings. The van der Waals surface area contributed by atoms with E-state index in [1.54, 1.807) is 26.8 Å². The Kier molecular flexibility index (Phi) is 2.92. The maximum atomic E-state index is 12.4. The average molecular weight is 251 g/mol. The molecule has 18 heavy (non-hydrogen) atoms. The van der Waals surface area contributed by atoms with Crippen molar-refractivity contribution in [3.05, 3.63) is 23.2 Å². The van der Waals surface area contributed by atoms with Gasteiger partial charge in [0.15, 0.2) is 5.76 Å². The van der Waals surface area contributed by atoms with Crippen LogP contribution in [0.25, 0.3) is 0 Å². The molecule has 1 aromatic rings. The predicted octanol–water partition coefficient (Wildman–Crippen LogP) is 1.98. The number of carboxylic acids is 1. The lowest BCUT2D eigenvalue weighted by molar-refractivity contribution is -0.147. The average Bonchev–Trinajstić information content (AvgIpc) is 2.82. The first-order valence-electron chi connectivity index (χ1n) is 5.98. The van der Waals surface area contributed by atoms with Crippen molar-refractivity contribution in [3.8, 4) is 0 Å². The predicted molar refractivity (Wildman–Crippen MR) is 64.5 cm³/mol. The molecule has 1 aromatic heterocycles. The number of carbonyl (C=O) groups is 2. The number of furan rings is 1. The lowest BCUT2D eigenvalue weighted by atomic mass is 9.99. The summed E-state index contributed by atoms with van der Waals surface area (Å²) >= 11 is 0. The summed E-state index contributed by atoms with van der Waals surface area (Å²) in [6.07, 6.45) is 1.18. The molecule has 1 N–H and O–H groups in total. The molecule has 2 heterocycles. The molecule has 1 aliphatic heterocycles. The third-order valence-corrected chi connectivity index (χ3v) is 3.58. The number of aryl methyl sites for hydroxylation is 2. The third-order valence-electron chi connectivity index (χ3n) is 3.58. The Morgan fingerprint density at radius 2 is 2.11 bits per heavy atom. The number of aliphatic carboxylic acids is 1. The number of nitrogens with zero attached hydrogens (tertiary/aromatic N) is 1. The monoisotopic (exact) mass is 251 g/mol. The van der Waals surface area contributed by atoms with Crippen molar-refractivity contribution in [2.75, 3.05) is 6.54 Å². The van der Waals surface area contributed by atoms with Crippen molar-refractivity contribution in [2.45, 2.75) is 39.2 Å². The van der Waals surface area contributed by atoms with Gasteiger partial charge in [0.1, 0.15) is 11.3 Å². The van der Waals surface area contributed by atoms with Gasteiger partial charge < -0.3 is 14.4 Å². The molecule has 1 atom stereocenters. The van der Waals surface area contributed by atoms with E-state index in [0.29, 0.717) is 25.1 Å². The molecule has 1 amide bonds. The molecular formula is C13H17NO4. The molecule has 1 unspecified atom stereocenters. The standard InChI is InChI=1S/C13H17NO4/c1-8-7-9(2)18-10(8)11(15)14-6-4-5-13(14,3)12(16)17/h7H,4-6H2,1-3H3,(H,16,17). The van der Waals surface area contributed by atoms with Crippen molar-refractivity contribution >= 4 is 11.9 Å². The minimum Gasteiger partial charge on any atom is -0.480 e. The van der Waals surface area contributed by atoms with Crippen LogP contribution in [-0.2, 0) is 4.79 Å². The summed E-state index contributed by atoms with van der Waals surface area (Å²) in [7, 11) is 0. The molecule has 0 aromatic carbocycles. The van der Waals surface area contributed by atoms with Crippen molar-refractivity contribution in [1.29, 1.82) is 0 Å². The van der Waals surface area contributed by atoms with Gasteiger partial charge in [-0.1, -0.05) is 0 Å². The second kappa shape index (κ2) is 4.15. The summed E-state index contributed by atoms with van der Waals surface area (Å²) in [5.74, 6) is -0.383. The molecule has 2 rings (SSSR count). The van der Waals surface area contributed by atoms with E-state index in [0.717, 1.165) is 5.56 Å². The number of likely N-dealkylation sites (tertiary alicyclic amines) is 1. The molecule has 0 bridgehead atoms. The molecule has 1 fully saturated rings. The summed E-state index contributed by atoms with van der Waals surface area (Å²) in [6.45, 7) is 5.61. The first-order chi connectivity index (χ1) is 8.36. The van der Waals surface area contributed by atoms with Crippen LogP contribution in [-0.4, -0.2) is 34.0 Å². The Hall–Kier alpha value is -1.78. The number of carbonyl (C=O) groups excluding carboxylic acids is 1. The minimum absolute atomic E-state index is 0.252. The fourth-order valence-electron chi connectivity index (χ4n) is 2.49. The number of amides is 1. The molecule has 5 heteroatoms. The summed E-state index contributed by atoms with van der Waals surface area (Å²) in [4.78, 5) is 25.1. The number of carboxylic acid groups (broad SMARTS) is 1. The summed E-state index contributed by atoms with van der Waals surface area (Å²) in [5.41, 5.74) is -0.373. The van der Waals surface area contributed by atoms with Crippen molar-refractivity contribution < 1.29 is 19.1 Å². The van der Waals surface area contributed by atoms with E-state index in [9.17, 15) is 14.7 Å². The maximum absolute atomic E-state index is 12.4. The number of hydrogen-bond acceptors (Lipinski definition) is 3. The topological polar surface area (TPSA) is 70.8 Å². The zero-order chi connectivity index (χ0) is 13.5. The fourth-order valence-corrected chi connectivity index (χ4v) is 2.49. The van der Waals surface area contributed by atoms with Crippen LogP contribution in [0.4, 0.5) is 0 Å². The van der Waals surface area contributed by atoms with Crippen molar-refractivity contribution in [2.24, 2.45) is 0 Å². The second-order valence-corrected chi connectivity index (χ2v) is 5.01. The highest BCUT2D eigenvalue weighted by Crippen LogP contribution is 2.31. The first-order valence-corrected chi connectivity index (χ1v) is 5.98. The van der Waals surface area contributed by atoms with Crippen molar-refractivity contribution in [1.82, 2.24) is 4.90 Å². The summed E-state index contributed by atoms with van der Waals surface area (Å²) in [6, 6.07) is 1.78. The highest BCUT2D eigenvalue weighted by Gasteiger charge is 2.47. The Labute approximate surface area is 105 Å². The van der Waals surface area contributed by atoms with Crippen molar-refractivity contribution in [3.63, 3.8) is 0 Å². The van der Waals surface area contributed by atoms with Gasteiger partial charge in [-0.05, 0) is 39.7 Å². The van der Waals surface area contributed by atoms with Gasteiger partial charge in [-0.15, -0.1) is 0 Å². The number of hydrogen-bond donors (Lipinski definition) is 1. The van der Waals surface area contributed by atoms with Gasteiger partial charge in [0.05, 0.1) is 0 Å². The molecule has 1 saturated heterocycles. The fraction of sp³-hybridized carbons (Fsp3) is 0.538. The molecular weight excluding hydrogens is 234 g/mol. The van der Waals surface area contributed by atoms with E-state index in [1.807, 2.05) is 0 Å². The first kappa shape index (κ1) is 12.7. The molecule has 98 valence electrons. The Bertz CT molecular complexity index is 505. The van der Waals surface area contributed by atoms with E-state index < -0.39 is 11.5 Å². The highest BCUT2D eigenvalue weighted by molar-refractivity contribution is 5.97. The van der Waals surface area contributed by atoms with Gasteiger partial charge >= 0.3 is 5.97 Å². The van der Waals surface area contributed by atoms with Gasteiger partial charge in [0.2, 0.25) is 0 Å². The van der Waals surface area contributed by atoms with Gasteiger partial charge in [0, 0.05) is 12.1 Å². The highest BCUT2D eigenvalue weighted by atomic mass is 16.4. The van der Waals surface area contributed by atoms with Gasteiger partial charge in [-0.25, -0.2) is 4.79 Å². The Balaban J connectivity index is 2.34. The number of rotatable bonds is 2. The third kappa shape index (κ3) is 1.79. The summed E-state index contributed by atoms with van der Waals surface area (Å²) < 4.78 is 5.38. The largest absolute Gasteiger partial charge is 0.480 e. The van der Waals surface area contributed by atoms with Gasteiger partial charge in [-0.2, -0.15) is 0 Å². The SMILES string of the molecule is Cc1cc(C)c(C(=O)N2CCCC2(C)C(=O)O)o1. The van der Waals surface area contributed by atoms with Crippen LogP contribution in [0.15, 0.2) is 10.5 Å². The second-order valence-electron chi connectivity index (χ2n) is 5.01. The maximum Gasteiger partial charge on any atom is 0.329 e. The van der Waals surface area contributed by atoms with Crippen LogP contribution in [0.3, 0.4) is 0 Å². The summed E-state index contributed by atoms with van der Waals surface area (Å²) in [5, 5.41) is 9.29. The van der Waals surface area contributed by atoms with Crippen LogP contribution in [0, 0.1) is 13.8 Å². The van der Waals surface area contributed by atoms with Crippen LogP contribution < -0.4 is 0 Å². The van der Waals surface area contributed by atoms with Crippen LogP contribution >= 0.6 is 0 Å². The lowest BCUT2D eigenvalue weighted by Gasteiger charge is -2.30. The molecule has 0 radical (unpaired) electrons. The minimum atomic E-state index is -1.12. The van der Waals surface area contributed by atoms with Gasteiger partial charge in [-0.3, -0.25) is 4.79 Å². The smallest absolute Gasteiger partial charge is 0.329 e. The van der Waals surface area contributed by atoms with E-state index in [-0.39, 0.29) is 11.7 Å². The quantitative estimate of drug-likeness (QED) is 0.872. The zero-order valence-electron chi connectivity index (χ0n) is 10.8. The Morgan fingerprint density at radius 1 is 1.44 bits per heavy atom. The Morgan fingerprint density at radius 3 is 2.61 bits per heavy atom. The normalized spacial score (nSPS) is 23.4. The van der Waals surface area contributed by atoms with Crippen LogP contribution in [0.5, 0.6) is 0 Å². The zero-order valence-corrected chi connectivity index (χ0v) is 10.8. The van der Waals surface area contributed by atoms with Crippen LogP contribution in [0.2, 0.25) is 0 Å².